The number of aromatic nitrogens is 4. The first kappa shape index (κ1) is 22.4. The fraction of sp³-hybridized carbons (Fsp3) is 0.560. The molecule has 7 heteroatoms. The van der Waals surface area contributed by atoms with Gasteiger partial charge in [-0.2, -0.15) is 4.98 Å². The first-order chi connectivity index (χ1) is 15.3. The number of unbranched alkanes of at least 4 members (excludes halogenated alkanes) is 4. The molecule has 1 atom stereocenters. The third kappa shape index (κ3) is 4.00. The Kier molecular flexibility index (Phi) is 6.26. The Morgan fingerprint density at radius 1 is 1.00 bits per heavy atom. The van der Waals surface area contributed by atoms with Crippen LogP contribution >= 0.6 is 0 Å². The fourth-order valence-corrected chi connectivity index (χ4v) is 4.90. The van der Waals surface area contributed by atoms with Crippen molar-refractivity contribution in [1.29, 1.82) is 0 Å². The van der Waals surface area contributed by atoms with Gasteiger partial charge < -0.3 is 9.47 Å². The molecule has 0 radical (unpaired) electrons. The number of hydrogen-bond donors (Lipinski definition) is 0. The van der Waals surface area contributed by atoms with Gasteiger partial charge >= 0.3 is 5.69 Å². The summed E-state index contributed by atoms with van der Waals surface area (Å²) in [6, 6.07) is 6.47. The topological polar surface area (TPSA) is 65.1 Å². The quantitative estimate of drug-likeness (QED) is 0.518. The van der Waals surface area contributed by atoms with Crippen LogP contribution in [0.4, 0.5) is 11.6 Å². The number of nitrogens with zero attached hydrogens (tertiary/aromatic N) is 5. The lowest BCUT2D eigenvalue weighted by Gasteiger charge is -2.33. The number of imidazole rings is 1. The van der Waals surface area contributed by atoms with Gasteiger partial charge in [0.2, 0.25) is 5.95 Å². The molecule has 0 fully saturated rings. The van der Waals surface area contributed by atoms with Crippen LogP contribution in [0.3, 0.4) is 0 Å². The van der Waals surface area contributed by atoms with Crippen LogP contribution in [0, 0.1) is 19.8 Å². The lowest BCUT2D eigenvalue weighted by atomic mass is 10.1. The first-order valence-electron chi connectivity index (χ1n) is 11.9. The van der Waals surface area contributed by atoms with Gasteiger partial charge in [-0.1, -0.05) is 45.6 Å². The van der Waals surface area contributed by atoms with Crippen molar-refractivity contribution >= 4 is 22.8 Å². The van der Waals surface area contributed by atoms with Crippen molar-refractivity contribution in [3.8, 4) is 0 Å². The molecule has 2 aromatic heterocycles. The molecule has 0 unspecified atom stereocenters. The van der Waals surface area contributed by atoms with E-state index in [0.29, 0.717) is 23.6 Å². The van der Waals surface area contributed by atoms with Crippen molar-refractivity contribution in [2.45, 2.75) is 72.9 Å². The Morgan fingerprint density at radius 2 is 1.69 bits per heavy atom. The van der Waals surface area contributed by atoms with E-state index >= 15 is 0 Å². The Balaban J connectivity index is 1.82. The zero-order valence-corrected chi connectivity index (χ0v) is 20.0. The minimum atomic E-state index is -0.278. The number of benzene rings is 1. The molecule has 1 aromatic carbocycles. The summed E-state index contributed by atoms with van der Waals surface area (Å²) in [5, 5.41) is 0. The first-order valence-corrected chi connectivity index (χ1v) is 11.9. The average molecular weight is 438 g/mol. The normalized spacial score (nSPS) is 16.0. The smallest absolute Gasteiger partial charge is 0.312 e. The molecule has 3 heterocycles. The number of fused-ring (bicyclic) bond motifs is 3. The lowest BCUT2D eigenvalue weighted by Crippen LogP contribution is -2.40. The van der Waals surface area contributed by atoms with Gasteiger partial charge in [0, 0.05) is 32.4 Å². The zero-order chi connectivity index (χ0) is 23.0. The van der Waals surface area contributed by atoms with Crippen LogP contribution in [0.1, 0.15) is 57.1 Å². The van der Waals surface area contributed by atoms with Crippen molar-refractivity contribution in [3.63, 3.8) is 0 Å². The van der Waals surface area contributed by atoms with Gasteiger partial charge in [-0.05, 0) is 49.4 Å². The van der Waals surface area contributed by atoms with Crippen molar-refractivity contribution < 1.29 is 0 Å². The van der Waals surface area contributed by atoms with Crippen LogP contribution in [0.25, 0.3) is 11.2 Å². The van der Waals surface area contributed by atoms with E-state index < -0.39 is 0 Å². The summed E-state index contributed by atoms with van der Waals surface area (Å²) in [5.41, 5.74) is 3.98. The molecule has 0 aliphatic carbocycles. The highest BCUT2D eigenvalue weighted by Crippen LogP contribution is 2.33. The molecule has 4 rings (SSSR count). The van der Waals surface area contributed by atoms with Gasteiger partial charge in [0.05, 0.1) is 0 Å². The third-order valence-corrected chi connectivity index (χ3v) is 6.45. The minimum Gasteiger partial charge on any atom is -0.312 e. The maximum absolute atomic E-state index is 13.5. The Bertz CT molecular complexity index is 1230. The largest absolute Gasteiger partial charge is 0.332 e. The summed E-state index contributed by atoms with van der Waals surface area (Å²) in [7, 11) is 1.72. The van der Waals surface area contributed by atoms with Crippen molar-refractivity contribution in [3.05, 3.63) is 50.2 Å². The fourth-order valence-electron chi connectivity index (χ4n) is 4.90. The highest BCUT2D eigenvalue weighted by atomic mass is 16.2. The summed E-state index contributed by atoms with van der Waals surface area (Å²) in [6.07, 6.45) is 5.37. The van der Waals surface area contributed by atoms with E-state index in [4.69, 9.17) is 4.98 Å². The molecule has 7 nitrogen and oxygen atoms in total. The van der Waals surface area contributed by atoms with E-state index in [2.05, 4.69) is 50.8 Å². The molecule has 32 heavy (non-hydrogen) atoms. The predicted octanol–water partition coefficient (Wildman–Crippen LogP) is 4.27. The molecule has 0 saturated carbocycles. The van der Waals surface area contributed by atoms with E-state index in [0.717, 1.165) is 44.0 Å². The third-order valence-electron chi connectivity index (χ3n) is 6.45. The second-order valence-corrected chi connectivity index (χ2v) is 9.47. The van der Waals surface area contributed by atoms with Crippen LogP contribution in [0.15, 0.2) is 27.8 Å². The second-order valence-electron chi connectivity index (χ2n) is 9.47. The van der Waals surface area contributed by atoms with Crippen molar-refractivity contribution in [1.82, 2.24) is 18.7 Å². The van der Waals surface area contributed by atoms with Gasteiger partial charge in [0.1, 0.15) is 0 Å². The second kappa shape index (κ2) is 8.96. The molecule has 0 spiro atoms. The molecule has 1 aliphatic heterocycles. The van der Waals surface area contributed by atoms with Gasteiger partial charge in [-0.15, -0.1) is 0 Å². The molecule has 0 N–H and O–H groups in total. The summed E-state index contributed by atoms with van der Waals surface area (Å²) in [4.78, 5) is 33.5. The van der Waals surface area contributed by atoms with Crippen LogP contribution in [0.2, 0.25) is 0 Å². The molecular weight excluding hydrogens is 402 g/mol. The molecule has 0 amide bonds. The van der Waals surface area contributed by atoms with Gasteiger partial charge in [0.25, 0.3) is 5.56 Å². The summed E-state index contributed by atoms with van der Waals surface area (Å²) >= 11 is 0. The van der Waals surface area contributed by atoms with Crippen LogP contribution in [-0.4, -0.2) is 25.2 Å². The molecule has 3 aromatic rings. The Morgan fingerprint density at radius 3 is 2.38 bits per heavy atom. The van der Waals surface area contributed by atoms with E-state index in [-0.39, 0.29) is 11.2 Å². The summed E-state index contributed by atoms with van der Waals surface area (Å²) < 4.78 is 4.97. The van der Waals surface area contributed by atoms with Crippen molar-refractivity contribution in [2.24, 2.45) is 13.0 Å². The number of aryl methyl sites for hydroxylation is 3. The molecule has 1 aliphatic rings. The van der Waals surface area contributed by atoms with Gasteiger partial charge in [-0.25, -0.2) is 4.79 Å². The zero-order valence-electron chi connectivity index (χ0n) is 20.0. The van der Waals surface area contributed by atoms with E-state index in [9.17, 15) is 9.59 Å². The van der Waals surface area contributed by atoms with Crippen LogP contribution < -0.4 is 16.1 Å². The average Bonchev–Trinajstić information content (AvgIpc) is 3.12. The van der Waals surface area contributed by atoms with Crippen LogP contribution in [0.5, 0.6) is 0 Å². The molecule has 0 bridgehead atoms. The number of hydrogen-bond acceptors (Lipinski definition) is 4. The van der Waals surface area contributed by atoms with Crippen molar-refractivity contribution in [2.75, 3.05) is 11.4 Å². The van der Waals surface area contributed by atoms with Gasteiger partial charge in [-0.3, -0.25) is 13.9 Å². The summed E-state index contributed by atoms with van der Waals surface area (Å²) in [5.74, 6) is 1.09. The SMILES string of the molecule is CCCCCCCn1c(=O)c2c(nc3n2C[C@@H](C)CN3c2cc(C)cc(C)c2)n(C)c1=O. The Hall–Kier alpha value is -2.83. The standard InChI is InChI=1S/C25H35N5O2/c1-6-7-8-9-10-11-28-23(31)21-22(27(5)25(28)32)26-24-29(15-19(4)16-30(21)24)20-13-17(2)12-18(3)14-20/h12-14,19H,6-11,15-16H2,1-5H3/t19-/m0/s1. The van der Waals surface area contributed by atoms with Gasteiger partial charge in [0.15, 0.2) is 11.2 Å². The monoisotopic (exact) mass is 437 g/mol. The Labute approximate surface area is 189 Å². The van der Waals surface area contributed by atoms with Crippen LogP contribution in [-0.2, 0) is 20.1 Å². The van der Waals surface area contributed by atoms with E-state index in [1.165, 1.54) is 28.5 Å². The number of rotatable bonds is 7. The molecular formula is C25H35N5O2. The maximum atomic E-state index is 13.5. The summed E-state index contributed by atoms with van der Waals surface area (Å²) in [6.45, 7) is 10.6. The molecule has 0 saturated heterocycles. The van der Waals surface area contributed by atoms with E-state index in [1.807, 2.05) is 4.57 Å². The minimum absolute atomic E-state index is 0.216. The predicted molar refractivity (Wildman–Crippen MR) is 130 cm³/mol. The number of anilines is 2. The van der Waals surface area contributed by atoms with E-state index in [1.54, 1.807) is 11.6 Å². The highest BCUT2D eigenvalue weighted by Gasteiger charge is 2.30. The lowest BCUT2D eigenvalue weighted by molar-refractivity contribution is 0.457. The molecule has 172 valence electrons. The maximum Gasteiger partial charge on any atom is 0.332 e. The highest BCUT2D eigenvalue weighted by molar-refractivity contribution is 5.77.